The Morgan fingerprint density at radius 3 is 2.21 bits per heavy atom. The van der Waals surface area contributed by atoms with Crippen LogP contribution < -0.4 is 10.6 Å². The second-order valence-corrected chi connectivity index (χ2v) is 9.02. The number of halogens is 1. The zero-order valence-electron chi connectivity index (χ0n) is 18.2. The number of nitrogens with zero attached hydrogens (tertiary/aromatic N) is 2. The van der Waals surface area contributed by atoms with Gasteiger partial charge in [-0.25, -0.2) is 4.39 Å². The van der Waals surface area contributed by atoms with Crippen molar-refractivity contribution in [2.24, 2.45) is 0 Å². The SMILES string of the molecule is O=C(CN1CCN(CC(=O)NC(c2ccccc2)c2cccs2)CC1)Nc1cccc(F)c1. The van der Waals surface area contributed by atoms with E-state index in [4.69, 9.17) is 0 Å². The van der Waals surface area contributed by atoms with Gasteiger partial charge in [0.25, 0.3) is 0 Å². The first-order chi connectivity index (χ1) is 16.1. The van der Waals surface area contributed by atoms with Gasteiger partial charge in [0.05, 0.1) is 19.1 Å². The summed E-state index contributed by atoms with van der Waals surface area (Å²) in [7, 11) is 0. The Hall–Kier alpha value is -3.07. The Kier molecular flexibility index (Phi) is 7.83. The summed E-state index contributed by atoms with van der Waals surface area (Å²) in [4.78, 5) is 30.3. The predicted molar refractivity (Wildman–Crippen MR) is 129 cm³/mol. The summed E-state index contributed by atoms with van der Waals surface area (Å²) in [5, 5.41) is 7.92. The molecule has 2 heterocycles. The molecule has 1 unspecified atom stereocenters. The number of rotatable bonds is 8. The van der Waals surface area contributed by atoms with E-state index in [0.717, 1.165) is 10.4 Å². The zero-order valence-corrected chi connectivity index (χ0v) is 19.1. The number of benzene rings is 2. The average molecular weight is 467 g/mol. The minimum Gasteiger partial charge on any atom is -0.343 e. The van der Waals surface area contributed by atoms with E-state index in [0.29, 0.717) is 38.4 Å². The molecule has 0 bridgehead atoms. The molecule has 4 rings (SSSR count). The number of hydrogen-bond acceptors (Lipinski definition) is 5. The largest absolute Gasteiger partial charge is 0.343 e. The number of piperazine rings is 1. The molecule has 6 nitrogen and oxygen atoms in total. The molecule has 1 fully saturated rings. The van der Waals surface area contributed by atoms with E-state index in [1.807, 2.05) is 52.7 Å². The van der Waals surface area contributed by atoms with E-state index in [1.54, 1.807) is 23.5 Å². The second kappa shape index (κ2) is 11.2. The fraction of sp³-hybridized carbons (Fsp3) is 0.280. The number of anilines is 1. The van der Waals surface area contributed by atoms with Crippen LogP contribution in [0.4, 0.5) is 10.1 Å². The standard InChI is InChI=1S/C25H27FN4O2S/c26-20-8-4-9-21(16-20)27-23(31)17-29-11-13-30(14-12-29)18-24(32)28-25(22-10-5-15-33-22)19-6-2-1-3-7-19/h1-10,15-16,25H,11-14,17-18H2,(H,27,31)(H,28,32). The molecule has 1 aliphatic heterocycles. The predicted octanol–water partition coefficient (Wildman–Crippen LogP) is 3.35. The summed E-state index contributed by atoms with van der Waals surface area (Å²) >= 11 is 1.63. The first kappa shape index (κ1) is 23.1. The minimum atomic E-state index is -0.381. The van der Waals surface area contributed by atoms with Gasteiger partial charge in [0.1, 0.15) is 5.82 Å². The fourth-order valence-electron chi connectivity index (χ4n) is 3.90. The van der Waals surface area contributed by atoms with Crippen molar-refractivity contribution in [3.8, 4) is 0 Å². The summed E-state index contributed by atoms with van der Waals surface area (Å²) < 4.78 is 13.3. The van der Waals surface area contributed by atoms with Crippen LogP contribution in [0.1, 0.15) is 16.5 Å². The molecule has 3 aromatic rings. The molecule has 1 atom stereocenters. The molecule has 1 aromatic heterocycles. The molecular formula is C25H27FN4O2S. The van der Waals surface area contributed by atoms with E-state index >= 15 is 0 Å². The maximum Gasteiger partial charge on any atom is 0.238 e. The molecule has 2 amide bonds. The van der Waals surface area contributed by atoms with Gasteiger partial charge in [0, 0.05) is 36.7 Å². The lowest BCUT2D eigenvalue weighted by Crippen LogP contribution is -2.51. The van der Waals surface area contributed by atoms with Gasteiger partial charge in [-0.1, -0.05) is 42.5 Å². The van der Waals surface area contributed by atoms with Crippen molar-refractivity contribution in [2.75, 3.05) is 44.6 Å². The van der Waals surface area contributed by atoms with Crippen LogP contribution in [0.3, 0.4) is 0 Å². The molecule has 2 N–H and O–H groups in total. The number of amides is 2. The molecule has 0 aliphatic carbocycles. The van der Waals surface area contributed by atoms with Crippen molar-refractivity contribution in [2.45, 2.75) is 6.04 Å². The van der Waals surface area contributed by atoms with Gasteiger partial charge in [0.15, 0.2) is 0 Å². The number of thiophene rings is 1. The first-order valence-electron chi connectivity index (χ1n) is 10.9. The van der Waals surface area contributed by atoms with E-state index in [1.165, 1.54) is 12.1 Å². The highest BCUT2D eigenvalue weighted by Gasteiger charge is 2.23. The number of hydrogen-bond donors (Lipinski definition) is 2. The maximum atomic E-state index is 13.3. The van der Waals surface area contributed by atoms with Crippen LogP contribution in [-0.4, -0.2) is 60.9 Å². The molecule has 1 aliphatic rings. The fourth-order valence-corrected chi connectivity index (χ4v) is 4.71. The van der Waals surface area contributed by atoms with Crippen molar-refractivity contribution in [3.63, 3.8) is 0 Å². The van der Waals surface area contributed by atoms with E-state index < -0.39 is 0 Å². The summed E-state index contributed by atoms with van der Waals surface area (Å²) in [6, 6.07) is 19.7. The molecule has 2 aromatic carbocycles. The van der Waals surface area contributed by atoms with Gasteiger partial charge in [0.2, 0.25) is 11.8 Å². The monoisotopic (exact) mass is 466 g/mol. The van der Waals surface area contributed by atoms with Crippen LogP contribution in [-0.2, 0) is 9.59 Å². The van der Waals surface area contributed by atoms with Crippen molar-refractivity contribution in [3.05, 3.63) is 88.4 Å². The average Bonchev–Trinajstić information content (AvgIpc) is 3.34. The summed E-state index contributed by atoms with van der Waals surface area (Å²) in [6.07, 6.45) is 0. The first-order valence-corrected chi connectivity index (χ1v) is 11.8. The Balaban J connectivity index is 1.24. The smallest absolute Gasteiger partial charge is 0.238 e. The van der Waals surface area contributed by atoms with Crippen molar-refractivity contribution in [1.82, 2.24) is 15.1 Å². The lowest BCUT2D eigenvalue weighted by atomic mass is 10.1. The van der Waals surface area contributed by atoms with Gasteiger partial charge >= 0.3 is 0 Å². The third kappa shape index (κ3) is 6.71. The number of carbonyl (C=O) groups is 2. The third-order valence-corrected chi connectivity index (χ3v) is 6.51. The lowest BCUT2D eigenvalue weighted by molar-refractivity contribution is -0.124. The minimum absolute atomic E-state index is 0.0189. The molecule has 0 spiro atoms. The Bertz CT molecular complexity index is 1050. The van der Waals surface area contributed by atoms with Crippen LogP contribution in [0.25, 0.3) is 0 Å². The van der Waals surface area contributed by atoms with Crippen LogP contribution in [0.2, 0.25) is 0 Å². The van der Waals surface area contributed by atoms with Crippen molar-refractivity contribution >= 4 is 28.8 Å². The third-order valence-electron chi connectivity index (χ3n) is 5.57. The maximum absolute atomic E-state index is 13.3. The molecular weight excluding hydrogens is 439 g/mol. The molecule has 0 radical (unpaired) electrons. The Morgan fingerprint density at radius 1 is 0.879 bits per heavy atom. The second-order valence-electron chi connectivity index (χ2n) is 8.04. The molecule has 8 heteroatoms. The van der Waals surface area contributed by atoms with E-state index in [2.05, 4.69) is 15.5 Å². The van der Waals surface area contributed by atoms with Crippen LogP contribution in [0.5, 0.6) is 0 Å². The molecule has 172 valence electrons. The van der Waals surface area contributed by atoms with Crippen LogP contribution in [0, 0.1) is 5.82 Å². The molecule has 33 heavy (non-hydrogen) atoms. The van der Waals surface area contributed by atoms with Gasteiger partial charge in [-0.15, -0.1) is 11.3 Å². The summed E-state index contributed by atoms with van der Waals surface area (Å²) in [5.74, 6) is -0.573. The Labute approximate surface area is 197 Å². The lowest BCUT2D eigenvalue weighted by Gasteiger charge is -2.34. The van der Waals surface area contributed by atoms with Gasteiger partial charge < -0.3 is 10.6 Å². The van der Waals surface area contributed by atoms with Gasteiger partial charge in [-0.3, -0.25) is 19.4 Å². The van der Waals surface area contributed by atoms with Gasteiger partial charge in [-0.05, 0) is 35.2 Å². The van der Waals surface area contributed by atoms with Crippen LogP contribution in [0.15, 0.2) is 72.1 Å². The highest BCUT2D eigenvalue weighted by molar-refractivity contribution is 7.10. The number of carbonyl (C=O) groups excluding carboxylic acids is 2. The topological polar surface area (TPSA) is 64.7 Å². The van der Waals surface area contributed by atoms with Gasteiger partial charge in [-0.2, -0.15) is 0 Å². The van der Waals surface area contributed by atoms with Crippen LogP contribution >= 0.6 is 11.3 Å². The van der Waals surface area contributed by atoms with E-state index in [9.17, 15) is 14.0 Å². The summed E-state index contributed by atoms with van der Waals surface area (Å²) in [6.45, 7) is 3.35. The summed E-state index contributed by atoms with van der Waals surface area (Å²) in [5.41, 5.74) is 1.51. The van der Waals surface area contributed by atoms with Crippen molar-refractivity contribution in [1.29, 1.82) is 0 Å². The normalized spacial score (nSPS) is 15.7. The molecule has 1 saturated heterocycles. The Morgan fingerprint density at radius 2 is 1.58 bits per heavy atom. The quantitative estimate of drug-likeness (QED) is 0.535. The number of nitrogens with one attached hydrogen (secondary N) is 2. The molecule has 0 saturated carbocycles. The zero-order chi connectivity index (χ0) is 23.0. The van der Waals surface area contributed by atoms with E-state index in [-0.39, 0.29) is 30.2 Å². The van der Waals surface area contributed by atoms with Crippen molar-refractivity contribution < 1.29 is 14.0 Å². The highest BCUT2D eigenvalue weighted by atomic mass is 32.1. The highest BCUT2D eigenvalue weighted by Crippen LogP contribution is 2.25.